The van der Waals surface area contributed by atoms with Gasteiger partial charge in [0.1, 0.15) is 6.29 Å². The van der Waals surface area contributed by atoms with Crippen molar-refractivity contribution in [1.82, 2.24) is 5.32 Å². The van der Waals surface area contributed by atoms with Crippen molar-refractivity contribution in [2.24, 2.45) is 0 Å². The Bertz CT molecular complexity index is 332. The third kappa shape index (κ3) is 2.45. The quantitative estimate of drug-likeness (QED) is 0.579. The number of hydrogen-bond acceptors (Lipinski definition) is 3. The number of rotatable bonds is 3. The number of amides is 1. The molecule has 0 saturated heterocycles. The van der Waals surface area contributed by atoms with E-state index in [-0.39, 0.29) is 5.91 Å². The van der Waals surface area contributed by atoms with E-state index in [9.17, 15) is 9.59 Å². The Balaban J connectivity index is 2.85. The van der Waals surface area contributed by atoms with Crippen molar-refractivity contribution in [2.75, 3.05) is 0 Å². The van der Waals surface area contributed by atoms with Gasteiger partial charge in [0.2, 0.25) is 0 Å². The van der Waals surface area contributed by atoms with E-state index >= 15 is 0 Å². The first-order valence-corrected chi connectivity index (χ1v) is 4.05. The van der Waals surface area contributed by atoms with Gasteiger partial charge in [0, 0.05) is 11.1 Å². The van der Waals surface area contributed by atoms with Crippen molar-refractivity contribution in [1.29, 1.82) is 0 Å². The number of nitrogens with one attached hydrogen (secondary N) is 1. The molecule has 0 atom stereocenters. The molecule has 0 spiro atoms. The van der Waals surface area contributed by atoms with E-state index in [1.54, 1.807) is 24.3 Å². The molecule has 0 bridgehead atoms. The smallest absolute Gasteiger partial charge is 0.255 e. The van der Waals surface area contributed by atoms with Gasteiger partial charge in [-0.25, -0.2) is 0 Å². The van der Waals surface area contributed by atoms with Gasteiger partial charge in [0.15, 0.2) is 0 Å². The van der Waals surface area contributed by atoms with Crippen LogP contribution >= 0.6 is 12.2 Å². The molecular weight excluding hydrogens is 186 g/mol. The van der Waals surface area contributed by atoms with Crippen molar-refractivity contribution >= 4 is 29.9 Å². The van der Waals surface area contributed by atoms with Gasteiger partial charge in [-0.05, 0) is 12.1 Å². The van der Waals surface area contributed by atoms with Crippen LogP contribution in [0.25, 0.3) is 0 Å². The molecule has 0 aliphatic carbocycles. The zero-order chi connectivity index (χ0) is 9.68. The Morgan fingerprint density at radius 3 is 2.38 bits per heavy atom. The summed E-state index contributed by atoms with van der Waals surface area (Å²) in [6.45, 7) is 0. The van der Waals surface area contributed by atoms with E-state index < -0.39 is 0 Å². The lowest BCUT2D eigenvalue weighted by Crippen LogP contribution is -2.20. The second-order valence-corrected chi connectivity index (χ2v) is 2.57. The fourth-order valence-corrected chi connectivity index (χ4v) is 0.957. The fraction of sp³-hybridized carbons (Fsp3) is 0. The van der Waals surface area contributed by atoms with Gasteiger partial charge < -0.3 is 5.32 Å². The summed E-state index contributed by atoms with van der Waals surface area (Å²) in [5.74, 6) is -0.271. The summed E-state index contributed by atoms with van der Waals surface area (Å²) in [5.41, 5.74) is 2.17. The Morgan fingerprint density at radius 2 is 1.92 bits per heavy atom. The third-order valence-electron chi connectivity index (χ3n) is 1.50. The summed E-state index contributed by atoms with van der Waals surface area (Å²) in [6, 6.07) is 6.28. The predicted octanol–water partition coefficient (Wildman–Crippen LogP) is 1.19. The summed E-state index contributed by atoms with van der Waals surface area (Å²) < 4.78 is 0. The van der Waals surface area contributed by atoms with Gasteiger partial charge in [0.05, 0.1) is 5.49 Å². The van der Waals surface area contributed by atoms with Crippen molar-refractivity contribution in [3.05, 3.63) is 35.4 Å². The Hall–Kier alpha value is -1.55. The average molecular weight is 193 g/mol. The van der Waals surface area contributed by atoms with E-state index in [1.807, 2.05) is 0 Å². The molecule has 0 aliphatic heterocycles. The maximum absolute atomic E-state index is 11.1. The number of hydrogen-bond donors (Lipinski definition) is 1. The first kappa shape index (κ1) is 9.54. The molecule has 0 aliphatic rings. The minimum atomic E-state index is -0.271. The van der Waals surface area contributed by atoms with Crippen LogP contribution in [-0.4, -0.2) is 17.7 Å². The first-order chi connectivity index (χ1) is 6.27. The molecule has 4 heteroatoms. The van der Waals surface area contributed by atoms with Gasteiger partial charge >= 0.3 is 0 Å². The lowest BCUT2D eigenvalue weighted by atomic mass is 10.1. The molecule has 66 valence electrons. The molecular formula is C9H7NO2S. The molecule has 13 heavy (non-hydrogen) atoms. The summed E-state index contributed by atoms with van der Waals surface area (Å²) >= 11 is 4.46. The standard InChI is InChI=1S/C9H7NO2S/c11-5-7-1-3-8(4-2-7)9(12)10-6-13/h1-6H,(H,10,12,13). The number of benzene rings is 1. The largest absolute Gasteiger partial charge is 0.319 e. The van der Waals surface area contributed by atoms with Gasteiger partial charge in [-0.3, -0.25) is 9.59 Å². The summed E-state index contributed by atoms with van der Waals surface area (Å²) in [7, 11) is 0. The van der Waals surface area contributed by atoms with E-state index in [4.69, 9.17) is 0 Å². The molecule has 0 aromatic heterocycles. The van der Waals surface area contributed by atoms with Crippen LogP contribution in [0.15, 0.2) is 24.3 Å². The van der Waals surface area contributed by atoms with Crippen molar-refractivity contribution < 1.29 is 9.59 Å². The second kappa shape index (κ2) is 4.47. The van der Waals surface area contributed by atoms with E-state index in [0.29, 0.717) is 11.1 Å². The van der Waals surface area contributed by atoms with Gasteiger partial charge in [0.25, 0.3) is 5.91 Å². The van der Waals surface area contributed by atoms with Crippen molar-refractivity contribution in [3.8, 4) is 0 Å². The van der Waals surface area contributed by atoms with Crippen LogP contribution in [0, 0.1) is 0 Å². The molecule has 0 heterocycles. The molecule has 0 radical (unpaired) electrons. The normalized spacial score (nSPS) is 8.92. The highest BCUT2D eigenvalue weighted by atomic mass is 32.1. The van der Waals surface area contributed by atoms with Crippen molar-refractivity contribution in [2.45, 2.75) is 0 Å². The SMILES string of the molecule is O=Cc1ccc(C(=O)NC=S)cc1. The Labute approximate surface area is 80.8 Å². The molecule has 1 amide bonds. The first-order valence-electron chi connectivity index (χ1n) is 3.57. The maximum Gasteiger partial charge on any atom is 0.255 e. The fourth-order valence-electron chi connectivity index (χ4n) is 0.850. The number of aldehydes is 1. The zero-order valence-corrected chi connectivity index (χ0v) is 7.51. The maximum atomic E-state index is 11.1. The lowest BCUT2D eigenvalue weighted by Gasteiger charge is -1.98. The van der Waals surface area contributed by atoms with Crippen LogP contribution in [0.2, 0.25) is 0 Å². The zero-order valence-electron chi connectivity index (χ0n) is 6.69. The summed E-state index contributed by atoms with van der Waals surface area (Å²) in [4.78, 5) is 21.4. The van der Waals surface area contributed by atoms with E-state index in [0.717, 1.165) is 11.8 Å². The van der Waals surface area contributed by atoms with Crippen LogP contribution in [0.3, 0.4) is 0 Å². The topological polar surface area (TPSA) is 46.2 Å². The van der Waals surface area contributed by atoms with Crippen molar-refractivity contribution in [3.63, 3.8) is 0 Å². The molecule has 1 aromatic rings. The highest BCUT2D eigenvalue weighted by Gasteiger charge is 2.01. The number of thiocarbonyl (C=S) groups is 1. The monoisotopic (exact) mass is 193 g/mol. The van der Waals surface area contributed by atoms with E-state index in [2.05, 4.69) is 17.5 Å². The molecule has 0 saturated carbocycles. The van der Waals surface area contributed by atoms with E-state index in [1.165, 1.54) is 0 Å². The van der Waals surface area contributed by atoms with Crippen LogP contribution in [0.5, 0.6) is 0 Å². The van der Waals surface area contributed by atoms with Gasteiger partial charge in [-0.15, -0.1) is 0 Å². The molecule has 1 aromatic carbocycles. The third-order valence-corrected chi connectivity index (χ3v) is 1.62. The van der Waals surface area contributed by atoms with Gasteiger partial charge in [-0.2, -0.15) is 0 Å². The molecule has 1 rings (SSSR count). The minimum absolute atomic E-state index is 0.271. The minimum Gasteiger partial charge on any atom is -0.319 e. The lowest BCUT2D eigenvalue weighted by molar-refractivity contribution is 0.0978. The number of carbonyl (C=O) groups excluding carboxylic acids is 2. The molecule has 0 fully saturated rings. The Kier molecular flexibility index (Phi) is 3.28. The molecule has 3 nitrogen and oxygen atoms in total. The number of carbonyl (C=O) groups is 2. The van der Waals surface area contributed by atoms with Crippen LogP contribution in [0.1, 0.15) is 20.7 Å². The van der Waals surface area contributed by atoms with Crippen LogP contribution in [0.4, 0.5) is 0 Å². The Morgan fingerprint density at radius 1 is 1.31 bits per heavy atom. The van der Waals surface area contributed by atoms with Crippen LogP contribution < -0.4 is 5.32 Å². The van der Waals surface area contributed by atoms with Gasteiger partial charge in [-0.1, -0.05) is 24.4 Å². The highest BCUT2D eigenvalue weighted by Crippen LogP contribution is 2.01. The summed E-state index contributed by atoms with van der Waals surface area (Å²) in [6.07, 6.45) is 0.723. The molecule has 1 N–H and O–H groups in total. The highest BCUT2D eigenvalue weighted by molar-refractivity contribution is 7.78. The average Bonchev–Trinajstić information content (AvgIpc) is 2.18. The molecule has 0 unspecified atom stereocenters. The summed E-state index contributed by atoms with van der Waals surface area (Å²) in [5, 5.41) is 2.36. The second-order valence-electron chi connectivity index (χ2n) is 2.33. The predicted molar refractivity (Wildman–Crippen MR) is 53.0 cm³/mol. The van der Waals surface area contributed by atoms with Crippen LogP contribution in [-0.2, 0) is 0 Å².